The van der Waals surface area contributed by atoms with Crippen LogP contribution < -0.4 is 5.32 Å². The highest BCUT2D eigenvalue weighted by atomic mass is 16.5. The Kier molecular flexibility index (Phi) is 8.72. The second-order valence-electron chi connectivity index (χ2n) is 6.64. The number of ketones is 1. The molecular formula is C19H31NO4. The smallest absolute Gasteiger partial charge is 0.328 e. The van der Waals surface area contributed by atoms with E-state index in [4.69, 9.17) is 4.74 Å². The van der Waals surface area contributed by atoms with Crippen LogP contribution in [-0.2, 0) is 19.1 Å². The molecule has 5 heteroatoms. The number of ether oxygens (including phenoxy) is 1. The summed E-state index contributed by atoms with van der Waals surface area (Å²) in [5.74, 6) is -0.333. The summed E-state index contributed by atoms with van der Waals surface area (Å²) in [6.07, 6.45) is 8.11. The van der Waals surface area contributed by atoms with E-state index in [-0.39, 0.29) is 29.4 Å². The van der Waals surface area contributed by atoms with Crippen LogP contribution in [0.4, 0.5) is 0 Å². The zero-order valence-corrected chi connectivity index (χ0v) is 15.3. The fourth-order valence-corrected chi connectivity index (χ4v) is 3.22. The molecule has 0 aliphatic heterocycles. The molecule has 136 valence electrons. The van der Waals surface area contributed by atoms with E-state index < -0.39 is 12.0 Å². The van der Waals surface area contributed by atoms with Crippen molar-refractivity contribution >= 4 is 17.7 Å². The summed E-state index contributed by atoms with van der Waals surface area (Å²) in [7, 11) is 1.33. The van der Waals surface area contributed by atoms with Crippen LogP contribution in [0.25, 0.3) is 0 Å². The van der Waals surface area contributed by atoms with Gasteiger partial charge in [0.15, 0.2) is 0 Å². The summed E-state index contributed by atoms with van der Waals surface area (Å²) >= 11 is 0. The van der Waals surface area contributed by atoms with Gasteiger partial charge in [-0.05, 0) is 31.1 Å². The monoisotopic (exact) mass is 337 g/mol. The van der Waals surface area contributed by atoms with Crippen molar-refractivity contribution in [3.8, 4) is 0 Å². The highest BCUT2D eigenvalue weighted by molar-refractivity contribution is 5.87. The first-order chi connectivity index (χ1) is 11.4. The molecule has 5 nitrogen and oxygen atoms in total. The van der Waals surface area contributed by atoms with E-state index in [1.165, 1.54) is 7.11 Å². The molecule has 1 amide bonds. The molecule has 0 spiro atoms. The number of amides is 1. The second-order valence-corrected chi connectivity index (χ2v) is 6.64. The number of Topliss-reactive ketones (excluding diaryl/α,β-unsaturated/α-hetero) is 1. The molecule has 1 aliphatic carbocycles. The first-order valence-electron chi connectivity index (χ1n) is 8.99. The van der Waals surface area contributed by atoms with Crippen molar-refractivity contribution in [2.45, 2.75) is 65.3 Å². The molecule has 0 saturated heterocycles. The molecule has 0 aromatic rings. The van der Waals surface area contributed by atoms with Crippen LogP contribution in [0.15, 0.2) is 12.2 Å². The Morgan fingerprint density at radius 3 is 2.62 bits per heavy atom. The number of nitrogens with one attached hydrogen (secondary N) is 1. The molecule has 0 bridgehead atoms. The Bertz CT molecular complexity index is 472. The Hall–Kier alpha value is -1.65. The van der Waals surface area contributed by atoms with Crippen LogP contribution in [0.2, 0.25) is 0 Å². The molecule has 0 aromatic carbocycles. The Balaban J connectivity index is 2.65. The predicted octanol–water partition coefficient (Wildman–Crippen LogP) is 3.03. The summed E-state index contributed by atoms with van der Waals surface area (Å²) in [6.45, 7) is 5.94. The van der Waals surface area contributed by atoms with Crippen LogP contribution in [0.5, 0.6) is 0 Å². The van der Waals surface area contributed by atoms with Gasteiger partial charge in [0, 0.05) is 18.8 Å². The molecule has 1 rings (SSSR count). The van der Waals surface area contributed by atoms with Crippen molar-refractivity contribution in [2.24, 2.45) is 17.8 Å². The average Bonchev–Trinajstić information content (AvgIpc) is 2.91. The van der Waals surface area contributed by atoms with E-state index >= 15 is 0 Å². The van der Waals surface area contributed by atoms with Gasteiger partial charge in [-0.3, -0.25) is 9.59 Å². The fourth-order valence-electron chi connectivity index (χ4n) is 3.22. The number of carbonyl (C=O) groups is 3. The van der Waals surface area contributed by atoms with Gasteiger partial charge >= 0.3 is 5.97 Å². The van der Waals surface area contributed by atoms with E-state index in [9.17, 15) is 14.4 Å². The van der Waals surface area contributed by atoms with Crippen molar-refractivity contribution < 1.29 is 19.1 Å². The van der Waals surface area contributed by atoms with Gasteiger partial charge in [-0.25, -0.2) is 4.79 Å². The summed E-state index contributed by atoms with van der Waals surface area (Å²) < 4.78 is 4.79. The van der Waals surface area contributed by atoms with Gasteiger partial charge in [0.25, 0.3) is 0 Å². The summed E-state index contributed by atoms with van der Waals surface area (Å²) in [6, 6.07) is -0.622. The van der Waals surface area contributed by atoms with Crippen molar-refractivity contribution in [3.05, 3.63) is 12.2 Å². The van der Waals surface area contributed by atoms with Gasteiger partial charge in [-0.15, -0.1) is 0 Å². The van der Waals surface area contributed by atoms with Gasteiger partial charge in [-0.2, -0.15) is 0 Å². The molecule has 4 atom stereocenters. The predicted molar refractivity (Wildman–Crippen MR) is 93.3 cm³/mol. The van der Waals surface area contributed by atoms with Crippen molar-refractivity contribution in [1.82, 2.24) is 5.32 Å². The molecule has 0 aromatic heterocycles. The van der Waals surface area contributed by atoms with Gasteiger partial charge in [-0.1, -0.05) is 39.3 Å². The molecule has 1 N–H and O–H groups in total. The van der Waals surface area contributed by atoms with Crippen LogP contribution in [0.1, 0.15) is 59.3 Å². The number of allylic oxidation sites excluding steroid dienone is 2. The fraction of sp³-hybridized carbons (Fsp3) is 0.737. The molecular weight excluding hydrogens is 306 g/mol. The zero-order chi connectivity index (χ0) is 18.1. The van der Waals surface area contributed by atoms with Crippen molar-refractivity contribution in [3.63, 3.8) is 0 Å². The van der Waals surface area contributed by atoms with Crippen molar-refractivity contribution in [2.75, 3.05) is 7.11 Å². The van der Waals surface area contributed by atoms with E-state index in [0.29, 0.717) is 19.3 Å². The van der Waals surface area contributed by atoms with Gasteiger partial charge in [0.05, 0.1) is 7.11 Å². The molecule has 1 aliphatic rings. The maximum atomic E-state index is 12.4. The summed E-state index contributed by atoms with van der Waals surface area (Å²) in [5, 5.41) is 2.81. The maximum Gasteiger partial charge on any atom is 0.328 e. The van der Waals surface area contributed by atoms with Gasteiger partial charge in [0.2, 0.25) is 5.91 Å². The lowest BCUT2D eigenvalue weighted by Crippen LogP contribution is -2.46. The number of esters is 1. The second kappa shape index (κ2) is 10.3. The third kappa shape index (κ3) is 5.77. The highest BCUT2D eigenvalue weighted by Crippen LogP contribution is 2.34. The molecule has 1 fully saturated rings. The molecule has 0 unspecified atom stereocenters. The van der Waals surface area contributed by atoms with Crippen LogP contribution in [0.3, 0.4) is 0 Å². The minimum Gasteiger partial charge on any atom is -0.467 e. The molecule has 0 heterocycles. The van der Waals surface area contributed by atoms with Crippen LogP contribution in [-0.4, -0.2) is 30.8 Å². The van der Waals surface area contributed by atoms with E-state index in [0.717, 1.165) is 19.3 Å². The van der Waals surface area contributed by atoms with Gasteiger partial charge in [0.1, 0.15) is 11.8 Å². The summed E-state index contributed by atoms with van der Waals surface area (Å²) in [4.78, 5) is 36.3. The van der Waals surface area contributed by atoms with Crippen molar-refractivity contribution in [1.29, 1.82) is 0 Å². The zero-order valence-electron chi connectivity index (χ0n) is 15.3. The van der Waals surface area contributed by atoms with E-state index in [2.05, 4.69) is 18.3 Å². The first kappa shape index (κ1) is 20.4. The third-order valence-electron chi connectivity index (χ3n) is 4.97. The summed E-state index contributed by atoms with van der Waals surface area (Å²) in [5.41, 5.74) is 0. The van der Waals surface area contributed by atoms with E-state index in [1.807, 2.05) is 19.9 Å². The first-order valence-corrected chi connectivity index (χ1v) is 8.99. The quantitative estimate of drug-likeness (QED) is 0.518. The lowest BCUT2D eigenvalue weighted by Gasteiger charge is -2.23. The van der Waals surface area contributed by atoms with E-state index in [1.54, 1.807) is 0 Å². The molecule has 1 saturated carbocycles. The number of methoxy groups -OCH3 is 1. The number of hydrogen-bond acceptors (Lipinski definition) is 4. The number of hydrogen-bond donors (Lipinski definition) is 1. The topological polar surface area (TPSA) is 72.5 Å². The Labute approximate surface area is 145 Å². The number of carbonyl (C=O) groups excluding carboxylic acids is 3. The standard InChI is InChI=1S/C19H31NO4/c1-5-7-8-9-15-14(10-11-16(15)21)12-17(22)20-18(13(3)6-2)19(23)24-4/h7-8,13-15,18H,5-6,9-12H2,1-4H3,(H,20,22)/b8-7-/t13-,14+,15+,18-/m0/s1. The lowest BCUT2D eigenvalue weighted by atomic mass is 9.89. The largest absolute Gasteiger partial charge is 0.467 e. The minimum atomic E-state index is -0.622. The molecule has 24 heavy (non-hydrogen) atoms. The van der Waals surface area contributed by atoms with Gasteiger partial charge < -0.3 is 10.1 Å². The number of rotatable bonds is 9. The normalized spacial score (nSPS) is 23.2. The lowest BCUT2D eigenvalue weighted by molar-refractivity contribution is -0.146. The minimum absolute atomic E-state index is 0.00916. The third-order valence-corrected chi connectivity index (χ3v) is 4.97. The Morgan fingerprint density at radius 2 is 2.04 bits per heavy atom. The van der Waals surface area contributed by atoms with Crippen LogP contribution >= 0.6 is 0 Å². The maximum absolute atomic E-state index is 12.4. The Morgan fingerprint density at radius 1 is 1.33 bits per heavy atom. The molecule has 0 radical (unpaired) electrons. The van der Waals surface area contributed by atoms with Crippen LogP contribution in [0, 0.1) is 17.8 Å². The average molecular weight is 337 g/mol. The SMILES string of the molecule is CC/C=C\C[C@H]1C(=O)CC[C@@H]1CC(=O)N[C@H](C(=O)OC)[C@@H](C)CC. The highest BCUT2D eigenvalue weighted by Gasteiger charge is 2.36.